The van der Waals surface area contributed by atoms with Gasteiger partial charge in [0.15, 0.2) is 6.10 Å². The summed E-state index contributed by atoms with van der Waals surface area (Å²) in [5.41, 5.74) is 0. The summed E-state index contributed by atoms with van der Waals surface area (Å²) in [7, 11) is 0. The Morgan fingerprint density at radius 3 is 1.24 bits per heavy atom. The molecule has 0 aromatic carbocycles. The van der Waals surface area contributed by atoms with Crippen molar-refractivity contribution in [3.05, 3.63) is 12.2 Å². The predicted octanol–water partition coefficient (Wildman–Crippen LogP) is 14.3. The van der Waals surface area contributed by atoms with Crippen LogP contribution in [0.4, 0.5) is 0 Å². The summed E-state index contributed by atoms with van der Waals surface area (Å²) < 4.78 is 17.2. The molecule has 0 aromatic heterocycles. The molecule has 0 fully saturated rings. The first kappa shape index (κ1) is 48.6. The van der Waals surface area contributed by atoms with Crippen LogP contribution < -0.4 is 0 Å². The van der Waals surface area contributed by atoms with E-state index in [0.29, 0.717) is 26.1 Å². The van der Waals surface area contributed by atoms with Crippen LogP contribution in [0.3, 0.4) is 0 Å². The monoisotopic (exact) mass is 707 g/mol. The summed E-state index contributed by atoms with van der Waals surface area (Å²) in [5.74, 6) is -0.398. The van der Waals surface area contributed by atoms with Crippen LogP contribution >= 0.6 is 0 Å². The molecule has 0 saturated heterocycles. The molecule has 0 spiro atoms. The summed E-state index contributed by atoms with van der Waals surface area (Å²) >= 11 is 0. The minimum absolute atomic E-state index is 0.0892. The molecule has 0 amide bonds. The van der Waals surface area contributed by atoms with E-state index in [-0.39, 0.29) is 18.5 Å². The number of carbonyl (C=O) groups is 2. The number of carbonyl (C=O) groups excluding carboxylic acids is 2. The Labute approximate surface area is 312 Å². The van der Waals surface area contributed by atoms with E-state index in [2.05, 4.69) is 32.9 Å². The first-order valence-corrected chi connectivity index (χ1v) is 22.2. The molecule has 0 heterocycles. The Hall–Kier alpha value is -1.36. The number of allylic oxidation sites excluding steroid dienone is 2. The second-order valence-electron chi connectivity index (χ2n) is 15.0. The van der Waals surface area contributed by atoms with E-state index in [0.717, 1.165) is 51.4 Å². The molecule has 0 bridgehead atoms. The van der Waals surface area contributed by atoms with Gasteiger partial charge >= 0.3 is 11.9 Å². The van der Waals surface area contributed by atoms with Crippen molar-refractivity contribution in [3.63, 3.8) is 0 Å². The van der Waals surface area contributed by atoms with E-state index < -0.39 is 6.10 Å². The highest BCUT2D eigenvalue weighted by Gasteiger charge is 2.17. The van der Waals surface area contributed by atoms with Crippen molar-refractivity contribution < 1.29 is 23.8 Å². The van der Waals surface area contributed by atoms with Crippen molar-refractivity contribution in [1.29, 1.82) is 0 Å². The average Bonchev–Trinajstić information content (AvgIpc) is 3.11. The van der Waals surface area contributed by atoms with Gasteiger partial charge in [0, 0.05) is 19.4 Å². The summed E-state index contributed by atoms with van der Waals surface area (Å²) in [6, 6.07) is 0. The molecule has 5 heteroatoms. The molecule has 0 saturated carbocycles. The van der Waals surface area contributed by atoms with Gasteiger partial charge in [0.2, 0.25) is 0 Å². The van der Waals surface area contributed by atoms with Crippen LogP contribution in [-0.2, 0) is 23.8 Å². The van der Waals surface area contributed by atoms with Gasteiger partial charge in [-0.1, -0.05) is 193 Å². The molecule has 0 aliphatic heterocycles. The Kier molecular flexibility index (Phi) is 40.9. The maximum Gasteiger partial charge on any atom is 0.306 e. The van der Waals surface area contributed by atoms with E-state index in [1.807, 2.05) is 0 Å². The van der Waals surface area contributed by atoms with E-state index in [4.69, 9.17) is 14.2 Å². The fourth-order valence-corrected chi connectivity index (χ4v) is 6.45. The lowest BCUT2D eigenvalue weighted by molar-refractivity contribution is -0.163. The van der Waals surface area contributed by atoms with Crippen molar-refractivity contribution in [2.75, 3.05) is 19.8 Å². The van der Waals surface area contributed by atoms with Crippen LogP contribution in [0, 0.1) is 0 Å². The first-order chi connectivity index (χ1) is 24.6. The molecule has 0 aromatic rings. The molecule has 0 aliphatic rings. The zero-order valence-corrected chi connectivity index (χ0v) is 33.9. The highest BCUT2D eigenvalue weighted by Crippen LogP contribution is 2.15. The third-order valence-corrected chi connectivity index (χ3v) is 9.80. The first-order valence-electron chi connectivity index (χ1n) is 22.2. The van der Waals surface area contributed by atoms with Gasteiger partial charge in [-0.05, 0) is 44.9 Å². The standard InChI is InChI=1S/C45H86O5/c1-4-7-10-13-16-18-20-22-23-25-26-28-30-32-35-38-44(46)49-42-43(41-48-40-37-34-15-12-9-6-3)50-45(47)39-36-33-31-29-27-24-21-19-17-14-11-8-5-2/h19,21,43H,4-18,20,22-42H2,1-3H3/b21-19-. The largest absolute Gasteiger partial charge is 0.462 e. The summed E-state index contributed by atoms with van der Waals surface area (Å²) in [6.07, 6.45) is 45.0. The van der Waals surface area contributed by atoms with Crippen molar-refractivity contribution in [1.82, 2.24) is 0 Å². The van der Waals surface area contributed by atoms with Gasteiger partial charge in [0.1, 0.15) is 6.61 Å². The number of esters is 2. The van der Waals surface area contributed by atoms with Gasteiger partial charge in [-0.2, -0.15) is 0 Å². The molecule has 50 heavy (non-hydrogen) atoms. The lowest BCUT2D eigenvalue weighted by Gasteiger charge is -2.18. The normalized spacial score (nSPS) is 12.1. The number of unbranched alkanes of at least 4 members (excludes halogenated alkanes) is 28. The van der Waals surface area contributed by atoms with E-state index in [9.17, 15) is 9.59 Å². The SMILES string of the molecule is CCCCCC/C=C\CCCCCCCC(=O)OC(COCCCCCCCC)COC(=O)CCCCCCCCCCCCCCCCC. The van der Waals surface area contributed by atoms with E-state index in [1.165, 1.54) is 154 Å². The Morgan fingerprint density at radius 2 is 0.780 bits per heavy atom. The van der Waals surface area contributed by atoms with Gasteiger partial charge in [-0.15, -0.1) is 0 Å². The summed E-state index contributed by atoms with van der Waals surface area (Å²) in [5, 5.41) is 0. The molecule has 1 unspecified atom stereocenters. The molecule has 0 rings (SSSR count). The number of hydrogen-bond acceptors (Lipinski definition) is 5. The van der Waals surface area contributed by atoms with Gasteiger partial charge in [0.25, 0.3) is 0 Å². The van der Waals surface area contributed by atoms with Crippen LogP contribution in [0.15, 0.2) is 12.2 Å². The molecular weight excluding hydrogens is 620 g/mol. The highest BCUT2D eigenvalue weighted by molar-refractivity contribution is 5.70. The Morgan fingerprint density at radius 1 is 0.420 bits per heavy atom. The lowest BCUT2D eigenvalue weighted by Crippen LogP contribution is -2.30. The summed E-state index contributed by atoms with van der Waals surface area (Å²) in [6.45, 7) is 7.80. The molecule has 0 N–H and O–H groups in total. The number of rotatable bonds is 41. The maximum absolute atomic E-state index is 12.6. The highest BCUT2D eigenvalue weighted by atomic mass is 16.6. The molecular formula is C45H86O5. The topological polar surface area (TPSA) is 61.8 Å². The van der Waals surface area contributed by atoms with Gasteiger partial charge in [-0.25, -0.2) is 0 Å². The van der Waals surface area contributed by atoms with Crippen LogP contribution in [0.1, 0.15) is 239 Å². The average molecular weight is 707 g/mol. The van der Waals surface area contributed by atoms with Crippen LogP contribution in [0.2, 0.25) is 0 Å². The molecule has 1 atom stereocenters. The number of hydrogen-bond donors (Lipinski definition) is 0. The number of ether oxygens (including phenoxy) is 3. The second-order valence-corrected chi connectivity index (χ2v) is 15.0. The minimum Gasteiger partial charge on any atom is -0.462 e. The van der Waals surface area contributed by atoms with Crippen molar-refractivity contribution >= 4 is 11.9 Å². The van der Waals surface area contributed by atoms with Crippen LogP contribution in [0.25, 0.3) is 0 Å². The maximum atomic E-state index is 12.6. The third-order valence-electron chi connectivity index (χ3n) is 9.80. The van der Waals surface area contributed by atoms with Gasteiger partial charge in [0.05, 0.1) is 6.61 Å². The molecule has 5 nitrogen and oxygen atoms in total. The second kappa shape index (κ2) is 42.1. The summed E-state index contributed by atoms with van der Waals surface area (Å²) in [4.78, 5) is 25.1. The van der Waals surface area contributed by atoms with Gasteiger partial charge < -0.3 is 14.2 Å². The van der Waals surface area contributed by atoms with Crippen LogP contribution in [-0.4, -0.2) is 37.9 Å². The van der Waals surface area contributed by atoms with Gasteiger partial charge in [-0.3, -0.25) is 9.59 Å². The lowest BCUT2D eigenvalue weighted by atomic mass is 10.0. The van der Waals surface area contributed by atoms with E-state index >= 15 is 0 Å². The quantitative estimate of drug-likeness (QED) is 0.0360. The van der Waals surface area contributed by atoms with Crippen molar-refractivity contribution in [2.24, 2.45) is 0 Å². The smallest absolute Gasteiger partial charge is 0.306 e. The predicted molar refractivity (Wildman–Crippen MR) is 215 cm³/mol. The third kappa shape index (κ3) is 39.4. The zero-order valence-electron chi connectivity index (χ0n) is 33.9. The molecule has 0 aliphatic carbocycles. The molecule has 296 valence electrons. The van der Waals surface area contributed by atoms with Crippen LogP contribution in [0.5, 0.6) is 0 Å². The van der Waals surface area contributed by atoms with Crippen molar-refractivity contribution in [2.45, 2.75) is 245 Å². The minimum atomic E-state index is -0.527. The Bertz CT molecular complexity index is 720. The fourth-order valence-electron chi connectivity index (χ4n) is 6.45. The molecule has 0 radical (unpaired) electrons. The van der Waals surface area contributed by atoms with E-state index in [1.54, 1.807) is 0 Å². The van der Waals surface area contributed by atoms with Crippen molar-refractivity contribution in [3.8, 4) is 0 Å². The zero-order chi connectivity index (χ0) is 36.4. The Balaban J connectivity index is 4.09. The fraction of sp³-hybridized carbons (Fsp3) is 0.911.